The van der Waals surface area contributed by atoms with Gasteiger partial charge in [0.15, 0.2) is 5.82 Å². The van der Waals surface area contributed by atoms with E-state index in [-0.39, 0.29) is 10.6 Å². The fraction of sp³-hybridized carbons (Fsp3) is 0. The highest BCUT2D eigenvalue weighted by Crippen LogP contribution is 2.35. The molecule has 0 aliphatic carbocycles. The number of benzene rings is 1. The number of nitrogens with zero attached hydrogens (tertiary/aromatic N) is 4. The van der Waals surface area contributed by atoms with Crippen LogP contribution in [0.15, 0.2) is 55.0 Å². The highest BCUT2D eigenvalue weighted by Gasteiger charge is 2.37. The van der Waals surface area contributed by atoms with E-state index in [1.807, 2.05) is 12.1 Å². The summed E-state index contributed by atoms with van der Waals surface area (Å²) in [6.45, 7) is 0. The molecule has 2 amide bonds. The molecule has 0 fully saturated rings. The Morgan fingerprint density at radius 3 is 2.71 bits per heavy atom. The Morgan fingerprint density at radius 2 is 1.89 bits per heavy atom. The van der Waals surface area contributed by atoms with Crippen molar-refractivity contribution < 1.29 is 9.59 Å². The molecule has 0 atom stereocenters. The normalized spacial score (nSPS) is 13.2. The molecule has 8 nitrogen and oxygen atoms in total. The van der Waals surface area contributed by atoms with Crippen LogP contribution >= 0.6 is 11.6 Å². The molecule has 5 rings (SSSR count). The molecule has 0 unspecified atom stereocenters. The summed E-state index contributed by atoms with van der Waals surface area (Å²) in [5.41, 5.74) is 3.02. The predicted molar refractivity (Wildman–Crippen MR) is 104 cm³/mol. The first-order chi connectivity index (χ1) is 13.6. The predicted octanol–water partition coefficient (Wildman–Crippen LogP) is 3.55. The van der Waals surface area contributed by atoms with Gasteiger partial charge in [0.1, 0.15) is 5.52 Å². The number of aromatic nitrogens is 4. The zero-order valence-corrected chi connectivity index (χ0v) is 14.9. The average molecular weight is 391 g/mol. The first kappa shape index (κ1) is 16.4. The van der Waals surface area contributed by atoms with E-state index in [4.69, 9.17) is 11.6 Å². The van der Waals surface area contributed by atoms with E-state index >= 15 is 0 Å². The van der Waals surface area contributed by atoms with Crippen molar-refractivity contribution in [1.29, 1.82) is 0 Å². The summed E-state index contributed by atoms with van der Waals surface area (Å²) in [5, 5.41) is 10.5. The summed E-state index contributed by atoms with van der Waals surface area (Å²) in [5.74, 6) is -0.322. The highest BCUT2D eigenvalue weighted by molar-refractivity contribution is 6.39. The first-order valence-corrected chi connectivity index (χ1v) is 8.70. The second-order valence-electron chi connectivity index (χ2n) is 6.13. The summed E-state index contributed by atoms with van der Waals surface area (Å²) in [4.78, 5) is 34.5. The SMILES string of the molecule is O=C1c2ccncc2C(=O)N1c1ccc(Nc2n[nH]c3cccnc23)cc1Cl. The number of amides is 2. The second-order valence-corrected chi connectivity index (χ2v) is 6.54. The number of aromatic amines is 1. The van der Waals surface area contributed by atoms with Gasteiger partial charge in [0, 0.05) is 24.3 Å². The van der Waals surface area contributed by atoms with E-state index in [9.17, 15) is 9.59 Å². The van der Waals surface area contributed by atoms with Gasteiger partial charge in [0.2, 0.25) is 0 Å². The Morgan fingerprint density at radius 1 is 1.04 bits per heavy atom. The van der Waals surface area contributed by atoms with Gasteiger partial charge in [-0.25, -0.2) is 4.90 Å². The number of rotatable bonds is 3. The molecule has 4 heterocycles. The molecule has 3 aromatic heterocycles. The third-order valence-corrected chi connectivity index (χ3v) is 4.76. The summed E-state index contributed by atoms with van der Waals surface area (Å²) in [6, 6.07) is 10.2. The Balaban J connectivity index is 1.48. The van der Waals surface area contributed by atoms with Gasteiger partial charge in [-0.15, -0.1) is 0 Å². The Kier molecular flexibility index (Phi) is 3.59. The topological polar surface area (TPSA) is 104 Å². The van der Waals surface area contributed by atoms with Crippen molar-refractivity contribution in [2.24, 2.45) is 0 Å². The molecule has 0 saturated heterocycles. The van der Waals surface area contributed by atoms with Gasteiger partial charge in [-0.3, -0.25) is 24.7 Å². The lowest BCUT2D eigenvalue weighted by molar-refractivity contribution is 0.0926. The largest absolute Gasteiger partial charge is 0.337 e. The minimum absolute atomic E-state index is 0.250. The molecular formula is C19H11ClN6O2. The molecule has 0 radical (unpaired) electrons. The maximum Gasteiger partial charge on any atom is 0.267 e. The third-order valence-electron chi connectivity index (χ3n) is 4.46. The smallest absolute Gasteiger partial charge is 0.267 e. The van der Waals surface area contributed by atoms with Crippen molar-refractivity contribution in [3.8, 4) is 0 Å². The van der Waals surface area contributed by atoms with Crippen LogP contribution in [0.3, 0.4) is 0 Å². The van der Waals surface area contributed by atoms with E-state index in [2.05, 4.69) is 25.5 Å². The number of halogens is 1. The van der Waals surface area contributed by atoms with E-state index in [0.29, 0.717) is 28.3 Å². The molecule has 4 aromatic rings. The van der Waals surface area contributed by atoms with Crippen molar-refractivity contribution in [2.75, 3.05) is 10.2 Å². The van der Waals surface area contributed by atoms with E-state index in [1.54, 1.807) is 24.4 Å². The fourth-order valence-electron chi connectivity index (χ4n) is 3.15. The van der Waals surface area contributed by atoms with Crippen LogP contribution in [-0.2, 0) is 0 Å². The number of anilines is 3. The maximum absolute atomic E-state index is 12.6. The summed E-state index contributed by atoms with van der Waals surface area (Å²) >= 11 is 6.40. The fourth-order valence-corrected chi connectivity index (χ4v) is 3.41. The number of imide groups is 1. The molecule has 1 aliphatic rings. The van der Waals surface area contributed by atoms with Crippen LogP contribution in [0.5, 0.6) is 0 Å². The van der Waals surface area contributed by atoms with E-state index in [0.717, 1.165) is 10.4 Å². The van der Waals surface area contributed by atoms with E-state index in [1.165, 1.54) is 18.5 Å². The standard InChI is InChI=1S/C19H11ClN6O2/c20-13-8-10(23-17-16-14(24-25-17)2-1-6-22-16)3-4-15(13)26-18(27)11-5-7-21-9-12(11)19(26)28/h1-9H,(H2,23,24,25). The number of hydrogen-bond acceptors (Lipinski definition) is 6. The molecule has 0 saturated carbocycles. The molecule has 28 heavy (non-hydrogen) atoms. The molecule has 2 N–H and O–H groups in total. The lowest BCUT2D eigenvalue weighted by atomic mass is 10.2. The van der Waals surface area contributed by atoms with Crippen molar-refractivity contribution in [3.63, 3.8) is 0 Å². The number of carbonyl (C=O) groups is 2. The van der Waals surface area contributed by atoms with Crippen LogP contribution in [0.25, 0.3) is 11.0 Å². The Bertz CT molecular complexity index is 1230. The van der Waals surface area contributed by atoms with Crippen molar-refractivity contribution in [2.45, 2.75) is 0 Å². The van der Waals surface area contributed by atoms with Gasteiger partial charge in [-0.2, -0.15) is 5.10 Å². The molecule has 1 aromatic carbocycles. The number of H-pyrrole nitrogens is 1. The molecule has 136 valence electrons. The van der Waals surface area contributed by atoms with Crippen molar-refractivity contribution >= 4 is 51.6 Å². The minimum atomic E-state index is -0.446. The minimum Gasteiger partial charge on any atom is -0.337 e. The molecule has 9 heteroatoms. The Labute approximate surface area is 163 Å². The second kappa shape index (κ2) is 6.14. The molecular weight excluding hydrogens is 380 g/mol. The van der Waals surface area contributed by atoms with Gasteiger partial charge < -0.3 is 5.32 Å². The number of nitrogens with one attached hydrogen (secondary N) is 2. The van der Waals surface area contributed by atoms with Crippen LogP contribution < -0.4 is 10.2 Å². The molecule has 0 bridgehead atoms. The zero-order valence-electron chi connectivity index (χ0n) is 14.2. The van der Waals surface area contributed by atoms with Gasteiger partial charge in [-0.05, 0) is 36.4 Å². The lowest BCUT2D eigenvalue weighted by Crippen LogP contribution is -2.29. The quantitative estimate of drug-likeness (QED) is 0.518. The highest BCUT2D eigenvalue weighted by atomic mass is 35.5. The first-order valence-electron chi connectivity index (χ1n) is 8.32. The number of fused-ring (bicyclic) bond motifs is 2. The zero-order chi connectivity index (χ0) is 19.3. The summed E-state index contributed by atoms with van der Waals surface area (Å²) in [7, 11) is 0. The number of hydrogen-bond donors (Lipinski definition) is 2. The molecule has 1 aliphatic heterocycles. The van der Waals surface area contributed by atoms with Gasteiger partial charge in [0.05, 0.1) is 27.4 Å². The number of pyridine rings is 2. The van der Waals surface area contributed by atoms with Crippen LogP contribution in [0.1, 0.15) is 20.7 Å². The lowest BCUT2D eigenvalue weighted by Gasteiger charge is -2.16. The molecule has 0 spiro atoms. The van der Waals surface area contributed by atoms with Crippen molar-refractivity contribution in [1.82, 2.24) is 20.2 Å². The average Bonchev–Trinajstić information content (AvgIpc) is 3.22. The van der Waals surface area contributed by atoms with Gasteiger partial charge >= 0.3 is 0 Å². The van der Waals surface area contributed by atoms with Gasteiger partial charge in [-0.1, -0.05) is 11.6 Å². The monoisotopic (exact) mass is 390 g/mol. The number of carbonyl (C=O) groups excluding carboxylic acids is 2. The summed E-state index contributed by atoms with van der Waals surface area (Å²) < 4.78 is 0. The Hall–Kier alpha value is -3.78. The van der Waals surface area contributed by atoms with Crippen LogP contribution in [-0.4, -0.2) is 32.0 Å². The summed E-state index contributed by atoms with van der Waals surface area (Å²) in [6.07, 6.45) is 4.54. The van der Waals surface area contributed by atoms with Crippen LogP contribution in [0, 0.1) is 0 Å². The van der Waals surface area contributed by atoms with Gasteiger partial charge in [0.25, 0.3) is 11.8 Å². The maximum atomic E-state index is 12.6. The third kappa shape index (κ3) is 2.43. The van der Waals surface area contributed by atoms with Crippen LogP contribution in [0.2, 0.25) is 5.02 Å². The van der Waals surface area contributed by atoms with E-state index < -0.39 is 11.8 Å². The van der Waals surface area contributed by atoms with Crippen molar-refractivity contribution in [3.05, 3.63) is 71.1 Å². The van der Waals surface area contributed by atoms with Crippen LogP contribution in [0.4, 0.5) is 17.2 Å².